The quantitative estimate of drug-likeness (QED) is 0.562. The van der Waals surface area contributed by atoms with Gasteiger partial charge in [0.25, 0.3) is 0 Å². The number of hydrogen-bond donors (Lipinski definition) is 3. The van der Waals surface area contributed by atoms with Crippen LogP contribution < -0.4 is 20.9 Å². The van der Waals surface area contributed by atoms with Crippen LogP contribution in [-0.2, 0) is 22.3 Å². The maximum atomic E-state index is 13.8. The molecule has 3 N–H and O–H groups in total. The van der Waals surface area contributed by atoms with Gasteiger partial charge in [-0.15, -0.1) is 0 Å². The van der Waals surface area contributed by atoms with Gasteiger partial charge < -0.3 is 25.6 Å². The second kappa shape index (κ2) is 11.2. The van der Waals surface area contributed by atoms with Gasteiger partial charge >= 0.3 is 12.2 Å². The third-order valence-electron chi connectivity index (χ3n) is 5.50. The third-order valence-corrected chi connectivity index (χ3v) is 5.50. The topological polar surface area (TPSA) is 82.7 Å². The molecule has 1 aliphatic heterocycles. The van der Waals surface area contributed by atoms with Crippen molar-refractivity contribution in [2.24, 2.45) is 5.92 Å². The highest BCUT2D eigenvalue weighted by atomic mass is 19.4. The van der Waals surface area contributed by atoms with Crippen molar-refractivity contribution in [2.75, 3.05) is 36.5 Å². The molecule has 1 heterocycles. The lowest BCUT2D eigenvalue weighted by atomic mass is 10.0. The lowest BCUT2D eigenvalue weighted by molar-refractivity contribution is -0.138. The smallest absolute Gasteiger partial charge is 0.378 e. The minimum Gasteiger partial charge on any atom is -0.378 e. The number of amides is 3. The van der Waals surface area contributed by atoms with Crippen molar-refractivity contribution in [3.05, 3.63) is 59.7 Å². The van der Waals surface area contributed by atoms with Gasteiger partial charge in [0, 0.05) is 31.0 Å². The highest BCUT2D eigenvalue weighted by molar-refractivity contribution is 5.93. The molecule has 1 saturated heterocycles. The number of nitrogens with zero attached hydrogens (tertiary/aromatic N) is 1. The highest BCUT2D eigenvalue weighted by Crippen LogP contribution is 2.35. The first-order valence-corrected chi connectivity index (χ1v) is 11.1. The lowest BCUT2D eigenvalue weighted by Gasteiger charge is -2.30. The zero-order chi connectivity index (χ0) is 24.7. The number of halogens is 3. The Hall–Kier alpha value is -3.27. The van der Waals surface area contributed by atoms with Gasteiger partial charge in [-0.3, -0.25) is 4.79 Å². The van der Waals surface area contributed by atoms with Crippen LogP contribution >= 0.6 is 0 Å². The Balaban J connectivity index is 1.67. The summed E-state index contributed by atoms with van der Waals surface area (Å²) in [5, 5.41) is 7.77. The number of ether oxygens (including phenoxy) is 1. The molecule has 1 atom stereocenters. The van der Waals surface area contributed by atoms with Crippen LogP contribution in [0.5, 0.6) is 0 Å². The van der Waals surface area contributed by atoms with Crippen molar-refractivity contribution in [3.63, 3.8) is 0 Å². The molecule has 1 fully saturated rings. The van der Waals surface area contributed by atoms with Crippen molar-refractivity contribution in [2.45, 2.75) is 32.6 Å². The van der Waals surface area contributed by atoms with E-state index < -0.39 is 29.7 Å². The van der Waals surface area contributed by atoms with E-state index in [-0.39, 0.29) is 18.0 Å². The summed E-state index contributed by atoms with van der Waals surface area (Å²) in [6.45, 7) is 5.11. The van der Waals surface area contributed by atoms with Crippen LogP contribution in [0.3, 0.4) is 0 Å². The monoisotopic (exact) mass is 478 g/mol. The van der Waals surface area contributed by atoms with Gasteiger partial charge in [0.15, 0.2) is 0 Å². The number of para-hydroxylation sites is 1. The predicted octanol–water partition coefficient (Wildman–Crippen LogP) is 4.00. The van der Waals surface area contributed by atoms with Gasteiger partial charge in [-0.1, -0.05) is 38.1 Å². The van der Waals surface area contributed by atoms with Crippen LogP contribution in [0.25, 0.3) is 0 Å². The molecular formula is C24H29F3N4O3. The van der Waals surface area contributed by atoms with Gasteiger partial charge in [-0.05, 0) is 35.7 Å². The summed E-state index contributed by atoms with van der Waals surface area (Å²) in [6.07, 6.45) is -4.58. The van der Waals surface area contributed by atoms with Crippen molar-refractivity contribution >= 4 is 23.3 Å². The Kier molecular flexibility index (Phi) is 8.38. The van der Waals surface area contributed by atoms with Crippen LogP contribution in [-0.4, -0.2) is 44.3 Å². The highest BCUT2D eigenvalue weighted by Gasteiger charge is 2.34. The van der Waals surface area contributed by atoms with E-state index in [2.05, 4.69) is 16.0 Å². The summed E-state index contributed by atoms with van der Waals surface area (Å²) in [7, 11) is 0. The number of urea groups is 1. The molecule has 2 aromatic rings. The van der Waals surface area contributed by atoms with E-state index in [1.54, 1.807) is 50.2 Å². The van der Waals surface area contributed by atoms with Crippen LogP contribution in [0.2, 0.25) is 0 Å². The largest absolute Gasteiger partial charge is 0.416 e. The van der Waals surface area contributed by atoms with E-state index in [4.69, 9.17) is 4.74 Å². The molecule has 184 valence electrons. The molecule has 3 amide bonds. The number of carbonyl (C=O) groups is 2. The fraction of sp³-hybridized carbons (Fsp3) is 0.417. The van der Waals surface area contributed by atoms with Gasteiger partial charge in [0.2, 0.25) is 5.91 Å². The predicted molar refractivity (Wildman–Crippen MR) is 124 cm³/mol. The normalized spacial score (nSPS) is 15.1. The number of benzene rings is 2. The maximum Gasteiger partial charge on any atom is 0.416 e. The van der Waals surface area contributed by atoms with Gasteiger partial charge in [0.1, 0.15) is 6.04 Å². The van der Waals surface area contributed by atoms with E-state index in [0.717, 1.165) is 6.07 Å². The molecule has 1 unspecified atom stereocenters. The van der Waals surface area contributed by atoms with Crippen molar-refractivity contribution < 1.29 is 27.5 Å². The Morgan fingerprint density at radius 2 is 1.74 bits per heavy atom. The fourth-order valence-electron chi connectivity index (χ4n) is 3.66. The molecule has 1 aliphatic rings. The molecule has 0 aliphatic carbocycles. The number of carbonyl (C=O) groups excluding carboxylic acids is 2. The molecule has 0 spiro atoms. The Bertz CT molecular complexity index is 977. The number of morpholine rings is 1. The maximum absolute atomic E-state index is 13.8. The summed E-state index contributed by atoms with van der Waals surface area (Å²) in [5.74, 6) is -0.851. The molecule has 10 heteroatoms. The number of alkyl halides is 3. The zero-order valence-corrected chi connectivity index (χ0v) is 19.1. The summed E-state index contributed by atoms with van der Waals surface area (Å²) >= 11 is 0. The molecule has 7 nitrogen and oxygen atoms in total. The first-order valence-electron chi connectivity index (χ1n) is 11.1. The van der Waals surface area contributed by atoms with E-state index in [0.29, 0.717) is 37.7 Å². The van der Waals surface area contributed by atoms with E-state index in [9.17, 15) is 22.8 Å². The average Bonchev–Trinajstić information content (AvgIpc) is 2.81. The average molecular weight is 479 g/mol. The fourth-order valence-corrected chi connectivity index (χ4v) is 3.66. The Labute approximate surface area is 196 Å². The molecule has 0 bridgehead atoms. The number of nitrogens with one attached hydrogen (secondary N) is 3. The van der Waals surface area contributed by atoms with E-state index in [1.807, 2.05) is 4.90 Å². The van der Waals surface area contributed by atoms with E-state index in [1.165, 1.54) is 6.07 Å². The lowest BCUT2D eigenvalue weighted by Crippen LogP contribution is -2.50. The minimum atomic E-state index is -4.58. The second-order valence-electron chi connectivity index (χ2n) is 8.34. The molecule has 0 radical (unpaired) electrons. The molecule has 0 aromatic heterocycles. The SMILES string of the molecule is CC(C)C(NC(=O)Nc1ccccc1)C(=O)NCc1ccc(N2CCOCC2)cc1C(F)(F)F. The van der Waals surface area contributed by atoms with Crippen LogP contribution in [0.4, 0.5) is 29.3 Å². The Morgan fingerprint density at radius 1 is 1.06 bits per heavy atom. The molecular weight excluding hydrogens is 449 g/mol. The zero-order valence-electron chi connectivity index (χ0n) is 19.1. The first kappa shape index (κ1) is 25.4. The summed E-state index contributed by atoms with van der Waals surface area (Å²) < 4.78 is 46.6. The summed E-state index contributed by atoms with van der Waals surface area (Å²) in [4.78, 5) is 26.9. The standard InChI is InChI=1S/C24H29F3N4O3/c1-16(2)21(30-23(33)29-18-6-4-3-5-7-18)22(32)28-15-17-8-9-19(14-20(17)24(25,26)27)31-10-12-34-13-11-31/h3-9,14,16,21H,10-13,15H2,1-2H3,(H,28,32)(H2,29,30,33). The minimum absolute atomic E-state index is 0.0471. The first-order chi connectivity index (χ1) is 16.1. The van der Waals surface area contributed by atoms with Gasteiger partial charge in [-0.2, -0.15) is 13.2 Å². The van der Waals surface area contributed by atoms with Gasteiger partial charge in [0.05, 0.1) is 18.8 Å². The van der Waals surface area contributed by atoms with Crippen LogP contribution in [0.1, 0.15) is 25.0 Å². The molecule has 3 rings (SSSR count). The van der Waals surface area contributed by atoms with Crippen molar-refractivity contribution in [3.8, 4) is 0 Å². The molecule has 34 heavy (non-hydrogen) atoms. The number of anilines is 2. The van der Waals surface area contributed by atoms with Gasteiger partial charge in [-0.25, -0.2) is 4.79 Å². The molecule has 0 saturated carbocycles. The Morgan fingerprint density at radius 3 is 2.35 bits per heavy atom. The van der Waals surface area contributed by atoms with Crippen molar-refractivity contribution in [1.29, 1.82) is 0 Å². The number of rotatable bonds is 7. The number of hydrogen-bond acceptors (Lipinski definition) is 4. The van der Waals surface area contributed by atoms with Crippen LogP contribution in [0.15, 0.2) is 48.5 Å². The molecule has 2 aromatic carbocycles. The summed E-state index contributed by atoms with van der Waals surface area (Å²) in [5.41, 5.74) is 0.171. The summed E-state index contributed by atoms with van der Waals surface area (Å²) in [6, 6.07) is 11.3. The van der Waals surface area contributed by atoms with E-state index >= 15 is 0 Å². The van der Waals surface area contributed by atoms with Crippen LogP contribution in [0, 0.1) is 5.92 Å². The van der Waals surface area contributed by atoms with Crippen molar-refractivity contribution in [1.82, 2.24) is 10.6 Å². The third kappa shape index (κ3) is 6.86. The second-order valence-corrected chi connectivity index (χ2v) is 8.34.